The second kappa shape index (κ2) is 7.47. The van der Waals surface area contributed by atoms with E-state index >= 15 is 0 Å². The molecule has 0 bridgehead atoms. The van der Waals surface area contributed by atoms with Gasteiger partial charge >= 0.3 is 5.97 Å². The normalized spacial score (nSPS) is 17.2. The first-order valence-electron chi connectivity index (χ1n) is 8.07. The molecule has 2 N–H and O–H groups in total. The summed E-state index contributed by atoms with van der Waals surface area (Å²) < 4.78 is 5.36. The fourth-order valence-corrected chi connectivity index (χ4v) is 3.22. The second-order valence-electron chi connectivity index (χ2n) is 6.35. The van der Waals surface area contributed by atoms with E-state index in [0.717, 1.165) is 6.42 Å². The van der Waals surface area contributed by atoms with E-state index in [2.05, 4.69) is 5.32 Å². The molecule has 0 aliphatic heterocycles. The number of carboxylic acids is 1. The largest absolute Gasteiger partial charge is 0.478 e. The molecule has 1 saturated carbocycles. The van der Waals surface area contributed by atoms with Crippen LogP contribution >= 0.6 is 0 Å². The lowest BCUT2D eigenvalue weighted by Crippen LogP contribution is -2.30. The molecule has 22 heavy (non-hydrogen) atoms. The number of rotatable bonds is 6. The quantitative estimate of drug-likeness (QED) is 0.843. The highest BCUT2D eigenvalue weighted by Crippen LogP contribution is 2.29. The zero-order valence-electron chi connectivity index (χ0n) is 13.4. The Morgan fingerprint density at radius 3 is 2.64 bits per heavy atom. The Morgan fingerprint density at radius 1 is 1.36 bits per heavy atom. The third-order valence-corrected chi connectivity index (χ3v) is 4.50. The minimum absolute atomic E-state index is 0.0106. The van der Waals surface area contributed by atoms with Crippen LogP contribution in [-0.4, -0.2) is 17.0 Å². The van der Waals surface area contributed by atoms with Crippen molar-refractivity contribution < 1.29 is 19.1 Å². The van der Waals surface area contributed by atoms with Crippen molar-refractivity contribution in [2.24, 2.45) is 11.8 Å². The lowest BCUT2D eigenvalue weighted by Gasteiger charge is -2.24. The molecule has 1 aliphatic carbocycles. The number of carbonyl (C=O) groups is 2. The third kappa shape index (κ3) is 4.36. The van der Waals surface area contributed by atoms with Crippen LogP contribution in [0.25, 0.3) is 0 Å². The molecule has 0 aromatic carbocycles. The average Bonchev–Trinajstić information content (AvgIpc) is 2.87. The molecule has 2 rings (SSSR count). The number of amides is 1. The van der Waals surface area contributed by atoms with Crippen LogP contribution in [0.15, 0.2) is 10.5 Å². The summed E-state index contributed by atoms with van der Waals surface area (Å²) in [6.45, 7) is 3.81. The van der Waals surface area contributed by atoms with Crippen molar-refractivity contribution in [1.82, 2.24) is 5.32 Å². The monoisotopic (exact) mass is 307 g/mol. The van der Waals surface area contributed by atoms with E-state index in [1.165, 1.54) is 38.2 Å². The van der Waals surface area contributed by atoms with Gasteiger partial charge in [0.05, 0.1) is 6.54 Å². The minimum atomic E-state index is -1.01. The van der Waals surface area contributed by atoms with Gasteiger partial charge in [0.15, 0.2) is 0 Å². The number of hydrogen-bond acceptors (Lipinski definition) is 3. The first-order valence-corrected chi connectivity index (χ1v) is 8.07. The summed E-state index contributed by atoms with van der Waals surface area (Å²) in [6.07, 6.45) is 7.28. The van der Waals surface area contributed by atoms with Gasteiger partial charge in [0, 0.05) is 5.92 Å². The summed E-state index contributed by atoms with van der Waals surface area (Å²) >= 11 is 0. The number of carboxylic acid groups (broad SMARTS) is 1. The molecule has 1 amide bonds. The SMILES string of the molecule is Cc1oc(CNC(=O)C(C)CC2CCCCC2)cc1C(=O)O. The van der Waals surface area contributed by atoms with Gasteiger partial charge in [-0.25, -0.2) is 4.79 Å². The molecule has 1 atom stereocenters. The molecule has 1 fully saturated rings. The summed E-state index contributed by atoms with van der Waals surface area (Å²) in [5, 5.41) is 11.8. The number of carbonyl (C=O) groups excluding carboxylic acids is 1. The molecule has 0 saturated heterocycles. The first-order chi connectivity index (χ1) is 10.5. The predicted octanol–water partition coefficient (Wildman–Crippen LogP) is 3.51. The molecule has 0 radical (unpaired) electrons. The van der Waals surface area contributed by atoms with Crippen LogP contribution in [0, 0.1) is 18.8 Å². The Bertz CT molecular complexity index is 529. The van der Waals surface area contributed by atoms with Gasteiger partial charge in [0.25, 0.3) is 0 Å². The van der Waals surface area contributed by atoms with Gasteiger partial charge in [0.2, 0.25) is 5.91 Å². The van der Waals surface area contributed by atoms with Crippen LogP contribution in [0.5, 0.6) is 0 Å². The van der Waals surface area contributed by atoms with Crippen molar-refractivity contribution in [1.29, 1.82) is 0 Å². The summed E-state index contributed by atoms with van der Waals surface area (Å²) in [5.74, 6) is 0.498. The Kier molecular flexibility index (Phi) is 5.63. The van der Waals surface area contributed by atoms with E-state index in [0.29, 0.717) is 17.4 Å². The maximum Gasteiger partial charge on any atom is 0.339 e. The fraction of sp³-hybridized carbons (Fsp3) is 0.647. The van der Waals surface area contributed by atoms with E-state index in [9.17, 15) is 9.59 Å². The van der Waals surface area contributed by atoms with Gasteiger partial charge < -0.3 is 14.8 Å². The Morgan fingerprint density at radius 2 is 2.05 bits per heavy atom. The molecule has 1 aliphatic rings. The average molecular weight is 307 g/mol. The Balaban J connectivity index is 1.81. The summed E-state index contributed by atoms with van der Waals surface area (Å²) in [4.78, 5) is 23.1. The van der Waals surface area contributed by atoms with Gasteiger partial charge in [-0.1, -0.05) is 39.0 Å². The highest BCUT2D eigenvalue weighted by molar-refractivity contribution is 5.88. The molecule has 1 heterocycles. The van der Waals surface area contributed by atoms with Gasteiger partial charge in [-0.15, -0.1) is 0 Å². The molecular weight excluding hydrogens is 282 g/mol. The van der Waals surface area contributed by atoms with E-state index in [1.54, 1.807) is 6.92 Å². The van der Waals surface area contributed by atoms with Gasteiger partial charge in [-0.2, -0.15) is 0 Å². The molecule has 1 unspecified atom stereocenters. The zero-order chi connectivity index (χ0) is 16.1. The van der Waals surface area contributed by atoms with Crippen LogP contribution in [0.3, 0.4) is 0 Å². The van der Waals surface area contributed by atoms with Crippen LogP contribution in [0.1, 0.15) is 67.3 Å². The molecule has 0 spiro atoms. The number of aromatic carboxylic acids is 1. The highest BCUT2D eigenvalue weighted by Gasteiger charge is 2.21. The predicted molar refractivity (Wildman–Crippen MR) is 82.6 cm³/mol. The number of nitrogens with one attached hydrogen (secondary N) is 1. The lowest BCUT2D eigenvalue weighted by molar-refractivity contribution is -0.125. The van der Waals surface area contributed by atoms with E-state index in [1.807, 2.05) is 6.92 Å². The molecule has 1 aromatic rings. The van der Waals surface area contributed by atoms with Crippen molar-refractivity contribution in [3.8, 4) is 0 Å². The molecule has 5 heteroatoms. The van der Waals surface area contributed by atoms with E-state index in [-0.39, 0.29) is 23.9 Å². The van der Waals surface area contributed by atoms with Gasteiger partial charge in [0.1, 0.15) is 17.1 Å². The molecule has 5 nitrogen and oxygen atoms in total. The maximum atomic E-state index is 12.1. The van der Waals surface area contributed by atoms with Gasteiger partial charge in [-0.05, 0) is 25.3 Å². The van der Waals surface area contributed by atoms with E-state index in [4.69, 9.17) is 9.52 Å². The molecule has 1 aromatic heterocycles. The van der Waals surface area contributed by atoms with Crippen LogP contribution in [0.4, 0.5) is 0 Å². The van der Waals surface area contributed by atoms with Crippen LogP contribution in [-0.2, 0) is 11.3 Å². The molecule has 122 valence electrons. The Labute approximate surface area is 131 Å². The van der Waals surface area contributed by atoms with Crippen LogP contribution < -0.4 is 5.32 Å². The van der Waals surface area contributed by atoms with Crippen molar-refractivity contribution in [3.05, 3.63) is 23.2 Å². The number of aryl methyl sites for hydroxylation is 1. The maximum absolute atomic E-state index is 12.1. The van der Waals surface area contributed by atoms with Crippen molar-refractivity contribution in [2.75, 3.05) is 0 Å². The minimum Gasteiger partial charge on any atom is -0.478 e. The summed E-state index contributed by atoms with van der Waals surface area (Å²) in [5.41, 5.74) is 0.152. The van der Waals surface area contributed by atoms with Gasteiger partial charge in [-0.3, -0.25) is 4.79 Å². The smallest absolute Gasteiger partial charge is 0.339 e. The standard InChI is InChI=1S/C17H25NO4/c1-11(8-13-6-4-3-5-7-13)16(19)18-10-14-9-15(17(20)21)12(2)22-14/h9,11,13H,3-8,10H2,1-2H3,(H,18,19)(H,20,21). The molecular formula is C17H25NO4. The topological polar surface area (TPSA) is 79.5 Å². The summed E-state index contributed by atoms with van der Waals surface area (Å²) in [7, 11) is 0. The van der Waals surface area contributed by atoms with Crippen molar-refractivity contribution >= 4 is 11.9 Å². The zero-order valence-corrected chi connectivity index (χ0v) is 13.4. The van der Waals surface area contributed by atoms with E-state index < -0.39 is 5.97 Å². The fourth-order valence-electron chi connectivity index (χ4n) is 3.22. The van der Waals surface area contributed by atoms with Crippen LogP contribution in [0.2, 0.25) is 0 Å². The lowest BCUT2D eigenvalue weighted by atomic mass is 9.83. The van der Waals surface area contributed by atoms with Crippen molar-refractivity contribution in [3.63, 3.8) is 0 Å². The number of furan rings is 1. The number of hydrogen-bond donors (Lipinski definition) is 2. The summed E-state index contributed by atoms with van der Waals surface area (Å²) in [6, 6.07) is 1.48. The highest BCUT2D eigenvalue weighted by atomic mass is 16.4. The first kappa shape index (κ1) is 16.6. The Hall–Kier alpha value is -1.78. The third-order valence-electron chi connectivity index (χ3n) is 4.50. The van der Waals surface area contributed by atoms with Crippen molar-refractivity contribution in [2.45, 2.75) is 58.9 Å². The second-order valence-corrected chi connectivity index (χ2v) is 6.35.